The molecule has 2 heterocycles. The molecule has 0 atom stereocenters. The minimum absolute atomic E-state index is 0.207. The fraction of sp³-hybridized carbons (Fsp3) is 0.917. The van der Waals surface area contributed by atoms with Crippen molar-refractivity contribution < 1.29 is 9.53 Å². The van der Waals surface area contributed by atoms with Crippen molar-refractivity contribution >= 4 is 6.03 Å². The number of likely N-dealkylation sites (tertiary alicyclic amines) is 1. The molecule has 0 aliphatic carbocycles. The van der Waals surface area contributed by atoms with E-state index in [1.54, 1.807) is 0 Å². The number of ether oxygens (including phenoxy) is 1. The Hall–Kier alpha value is -0.770. The van der Waals surface area contributed by atoms with E-state index in [0.29, 0.717) is 18.6 Å². The van der Waals surface area contributed by atoms with Crippen LogP contribution in [0.15, 0.2) is 0 Å². The number of hydrogen-bond acceptors (Lipinski definition) is 2. The summed E-state index contributed by atoms with van der Waals surface area (Å²) in [6, 6.07) is 0.207. The third-order valence-corrected chi connectivity index (χ3v) is 3.67. The second-order valence-corrected chi connectivity index (χ2v) is 5.53. The molecule has 0 N–H and O–H groups in total. The van der Waals surface area contributed by atoms with Crippen molar-refractivity contribution in [2.45, 2.75) is 26.7 Å². The standard InChI is InChI=1S/C12H22N2O2/c1-12(2)3-5-13(6-4-12)11(15)14-7-9-16-10-8-14/h3-10H2,1-2H3. The summed E-state index contributed by atoms with van der Waals surface area (Å²) in [6.07, 6.45) is 2.23. The molecule has 4 heteroatoms. The molecule has 0 saturated carbocycles. The quantitative estimate of drug-likeness (QED) is 0.628. The molecule has 0 spiro atoms. The Labute approximate surface area is 97.5 Å². The van der Waals surface area contributed by atoms with E-state index in [-0.39, 0.29) is 6.03 Å². The molecule has 0 unspecified atom stereocenters. The summed E-state index contributed by atoms with van der Waals surface area (Å²) in [5, 5.41) is 0. The Kier molecular flexibility index (Phi) is 3.38. The van der Waals surface area contributed by atoms with Crippen molar-refractivity contribution in [3.8, 4) is 0 Å². The summed E-state index contributed by atoms with van der Waals surface area (Å²) in [4.78, 5) is 16.1. The molecule has 0 radical (unpaired) electrons. The van der Waals surface area contributed by atoms with Gasteiger partial charge in [0.1, 0.15) is 0 Å². The maximum Gasteiger partial charge on any atom is 0.320 e. The molecular weight excluding hydrogens is 204 g/mol. The molecule has 0 aromatic carbocycles. The van der Waals surface area contributed by atoms with Crippen LogP contribution in [-0.4, -0.2) is 55.2 Å². The Morgan fingerprint density at radius 1 is 1.00 bits per heavy atom. The molecule has 2 fully saturated rings. The molecule has 2 aliphatic heterocycles. The van der Waals surface area contributed by atoms with Gasteiger partial charge in [0.15, 0.2) is 0 Å². The van der Waals surface area contributed by atoms with Crippen LogP contribution >= 0.6 is 0 Å². The first-order valence-corrected chi connectivity index (χ1v) is 6.20. The van der Waals surface area contributed by atoms with Gasteiger partial charge in [0, 0.05) is 26.2 Å². The van der Waals surface area contributed by atoms with Crippen LogP contribution < -0.4 is 0 Å². The van der Waals surface area contributed by atoms with E-state index in [0.717, 1.165) is 39.0 Å². The zero-order chi connectivity index (χ0) is 11.6. The maximum atomic E-state index is 12.2. The van der Waals surface area contributed by atoms with Crippen LogP contribution in [0.1, 0.15) is 26.7 Å². The predicted molar refractivity (Wildman–Crippen MR) is 62.4 cm³/mol. The number of hydrogen-bond donors (Lipinski definition) is 0. The van der Waals surface area contributed by atoms with Gasteiger partial charge in [0.05, 0.1) is 13.2 Å². The highest BCUT2D eigenvalue weighted by atomic mass is 16.5. The van der Waals surface area contributed by atoms with Gasteiger partial charge in [-0.15, -0.1) is 0 Å². The lowest BCUT2D eigenvalue weighted by Crippen LogP contribution is -2.51. The van der Waals surface area contributed by atoms with Crippen molar-refractivity contribution in [3.05, 3.63) is 0 Å². The third-order valence-electron chi connectivity index (χ3n) is 3.67. The fourth-order valence-corrected chi connectivity index (χ4v) is 2.26. The number of urea groups is 1. The average molecular weight is 226 g/mol. The Bertz CT molecular complexity index is 250. The second-order valence-electron chi connectivity index (χ2n) is 5.53. The zero-order valence-electron chi connectivity index (χ0n) is 10.4. The van der Waals surface area contributed by atoms with Crippen LogP contribution in [0, 0.1) is 5.41 Å². The second kappa shape index (κ2) is 4.62. The SMILES string of the molecule is CC1(C)CCN(C(=O)N2CCOCC2)CC1. The third kappa shape index (κ3) is 2.67. The van der Waals surface area contributed by atoms with Crippen molar-refractivity contribution in [2.24, 2.45) is 5.41 Å². The van der Waals surface area contributed by atoms with Gasteiger partial charge < -0.3 is 14.5 Å². The van der Waals surface area contributed by atoms with E-state index in [2.05, 4.69) is 13.8 Å². The van der Waals surface area contributed by atoms with Crippen LogP contribution in [-0.2, 0) is 4.74 Å². The molecule has 92 valence electrons. The van der Waals surface area contributed by atoms with Crippen LogP contribution in [0.2, 0.25) is 0 Å². The van der Waals surface area contributed by atoms with E-state index in [1.165, 1.54) is 0 Å². The van der Waals surface area contributed by atoms with Gasteiger partial charge >= 0.3 is 6.03 Å². The lowest BCUT2D eigenvalue weighted by Gasteiger charge is -2.40. The molecule has 0 bridgehead atoms. The van der Waals surface area contributed by atoms with E-state index >= 15 is 0 Å². The van der Waals surface area contributed by atoms with Gasteiger partial charge in [0.2, 0.25) is 0 Å². The van der Waals surface area contributed by atoms with Crippen LogP contribution in [0.25, 0.3) is 0 Å². The first-order valence-electron chi connectivity index (χ1n) is 6.20. The van der Waals surface area contributed by atoms with Crippen molar-refractivity contribution in [3.63, 3.8) is 0 Å². The largest absolute Gasteiger partial charge is 0.378 e. The minimum atomic E-state index is 0.207. The van der Waals surface area contributed by atoms with Crippen molar-refractivity contribution in [1.29, 1.82) is 0 Å². The van der Waals surface area contributed by atoms with E-state index in [4.69, 9.17) is 4.74 Å². The Morgan fingerprint density at radius 2 is 1.50 bits per heavy atom. The number of carbonyl (C=O) groups is 1. The van der Waals surface area contributed by atoms with Gasteiger partial charge in [-0.3, -0.25) is 0 Å². The number of rotatable bonds is 0. The molecule has 16 heavy (non-hydrogen) atoms. The lowest BCUT2D eigenvalue weighted by atomic mass is 9.83. The zero-order valence-corrected chi connectivity index (χ0v) is 10.4. The smallest absolute Gasteiger partial charge is 0.320 e. The van der Waals surface area contributed by atoms with Crippen LogP contribution in [0.3, 0.4) is 0 Å². The number of carbonyl (C=O) groups excluding carboxylic acids is 1. The summed E-state index contributed by atoms with van der Waals surface area (Å²) < 4.78 is 5.26. The monoisotopic (exact) mass is 226 g/mol. The number of amides is 2. The normalized spacial score (nSPS) is 25.6. The Balaban J connectivity index is 1.86. The number of morpholine rings is 1. The molecule has 2 saturated heterocycles. The average Bonchev–Trinajstić information content (AvgIpc) is 2.29. The summed E-state index contributed by atoms with van der Waals surface area (Å²) in [5.41, 5.74) is 0.405. The van der Waals surface area contributed by atoms with Crippen molar-refractivity contribution in [1.82, 2.24) is 9.80 Å². The highest BCUT2D eigenvalue weighted by Crippen LogP contribution is 2.30. The molecule has 2 amide bonds. The topological polar surface area (TPSA) is 32.8 Å². The summed E-state index contributed by atoms with van der Waals surface area (Å²) in [7, 11) is 0. The summed E-state index contributed by atoms with van der Waals surface area (Å²) in [5.74, 6) is 0. The van der Waals surface area contributed by atoms with E-state index in [9.17, 15) is 4.79 Å². The van der Waals surface area contributed by atoms with E-state index < -0.39 is 0 Å². The van der Waals surface area contributed by atoms with Gasteiger partial charge in [-0.25, -0.2) is 4.79 Å². The first kappa shape index (κ1) is 11.7. The molecule has 0 aromatic rings. The van der Waals surface area contributed by atoms with Gasteiger partial charge in [-0.05, 0) is 18.3 Å². The minimum Gasteiger partial charge on any atom is -0.378 e. The predicted octanol–water partition coefficient (Wildman–Crippen LogP) is 1.56. The molecule has 4 nitrogen and oxygen atoms in total. The van der Waals surface area contributed by atoms with Gasteiger partial charge in [0.25, 0.3) is 0 Å². The number of nitrogens with zero attached hydrogens (tertiary/aromatic N) is 2. The van der Waals surface area contributed by atoms with Crippen LogP contribution in [0.4, 0.5) is 4.79 Å². The first-order chi connectivity index (χ1) is 7.58. The molecule has 2 rings (SSSR count). The maximum absolute atomic E-state index is 12.2. The van der Waals surface area contributed by atoms with Gasteiger partial charge in [-0.1, -0.05) is 13.8 Å². The molecule has 2 aliphatic rings. The highest BCUT2D eigenvalue weighted by Gasteiger charge is 2.30. The fourth-order valence-electron chi connectivity index (χ4n) is 2.26. The number of piperidine rings is 1. The lowest BCUT2D eigenvalue weighted by molar-refractivity contribution is 0.0371. The van der Waals surface area contributed by atoms with Crippen molar-refractivity contribution in [2.75, 3.05) is 39.4 Å². The summed E-state index contributed by atoms with van der Waals surface area (Å²) >= 11 is 0. The molecular formula is C12H22N2O2. The van der Waals surface area contributed by atoms with Gasteiger partial charge in [-0.2, -0.15) is 0 Å². The van der Waals surface area contributed by atoms with Crippen LogP contribution in [0.5, 0.6) is 0 Å². The van der Waals surface area contributed by atoms with E-state index in [1.807, 2.05) is 9.80 Å². The Morgan fingerprint density at radius 3 is 2.06 bits per heavy atom. The molecule has 0 aromatic heterocycles. The summed E-state index contributed by atoms with van der Waals surface area (Å²) in [6.45, 7) is 9.24. The highest BCUT2D eigenvalue weighted by molar-refractivity contribution is 5.74.